The average Bonchev–Trinajstić information content (AvgIpc) is 2.15. The van der Waals surface area contributed by atoms with Crippen LogP contribution in [0.5, 0.6) is 5.75 Å². The van der Waals surface area contributed by atoms with Crippen LogP contribution in [0.3, 0.4) is 0 Å². The van der Waals surface area contributed by atoms with E-state index in [2.05, 4.69) is 4.98 Å². The van der Waals surface area contributed by atoms with E-state index >= 15 is 0 Å². The molecule has 0 aliphatic carbocycles. The van der Waals surface area contributed by atoms with Crippen molar-refractivity contribution in [1.29, 1.82) is 0 Å². The van der Waals surface area contributed by atoms with Crippen LogP contribution in [0.4, 0.5) is 0 Å². The highest BCUT2D eigenvalue weighted by Gasteiger charge is 2.13. The van der Waals surface area contributed by atoms with Crippen LogP contribution in [0.2, 0.25) is 5.02 Å². The lowest BCUT2D eigenvalue weighted by Crippen LogP contribution is -2.14. The van der Waals surface area contributed by atoms with Crippen LogP contribution < -0.4 is 10.5 Å². The third-order valence-corrected chi connectivity index (χ3v) is 1.84. The number of aromatic nitrogens is 1. The van der Waals surface area contributed by atoms with Crippen LogP contribution in [-0.2, 0) is 0 Å². The van der Waals surface area contributed by atoms with Gasteiger partial charge in [0.2, 0.25) is 0 Å². The molecule has 0 atom stereocenters. The summed E-state index contributed by atoms with van der Waals surface area (Å²) in [6, 6.07) is 0. The Balaban J connectivity index is 3.02. The van der Waals surface area contributed by atoms with E-state index in [1.54, 1.807) is 0 Å². The first-order valence-electron chi connectivity index (χ1n) is 4.23. The van der Waals surface area contributed by atoms with Gasteiger partial charge in [0.25, 0.3) is 5.91 Å². The number of rotatable bonds is 4. The Morgan fingerprint density at radius 3 is 2.93 bits per heavy atom. The zero-order valence-corrected chi connectivity index (χ0v) is 8.54. The third-order valence-electron chi connectivity index (χ3n) is 1.57. The number of amides is 1. The molecule has 1 aromatic rings. The second-order valence-electron chi connectivity index (χ2n) is 2.71. The highest BCUT2D eigenvalue weighted by molar-refractivity contribution is 6.32. The molecule has 0 spiro atoms. The maximum Gasteiger partial charge on any atom is 0.254 e. The van der Waals surface area contributed by atoms with Gasteiger partial charge >= 0.3 is 0 Å². The summed E-state index contributed by atoms with van der Waals surface area (Å²) in [6.45, 7) is 2.45. The SMILES string of the molecule is CCCOc1c(Cl)cncc1C(N)=O. The van der Waals surface area contributed by atoms with Gasteiger partial charge in [-0.25, -0.2) is 0 Å². The molecular weight excluding hydrogens is 204 g/mol. The predicted octanol–water partition coefficient (Wildman–Crippen LogP) is 1.62. The highest BCUT2D eigenvalue weighted by Crippen LogP contribution is 2.27. The number of pyridine rings is 1. The zero-order chi connectivity index (χ0) is 10.6. The number of hydrogen-bond acceptors (Lipinski definition) is 3. The van der Waals surface area contributed by atoms with Gasteiger partial charge in [0.15, 0.2) is 5.75 Å². The minimum atomic E-state index is -0.592. The fourth-order valence-electron chi connectivity index (χ4n) is 0.949. The van der Waals surface area contributed by atoms with Crippen molar-refractivity contribution in [2.45, 2.75) is 13.3 Å². The summed E-state index contributed by atoms with van der Waals surface area (Å²) in [6.07, 6.45) is 3.59. The fourth-order valence-corrected chi connectivity index (χ4v) is 1.16. The monoisotopic (exact) mass is 214 g/mol. The molecule has 1 rings (SSSR count). The summed E-state index contributed by atoms with van der Waals surface area (Å²) in [5.41, 5.74) is 5.35. The molecule has 0 aliphatic rings. The van der Waals surface area contributed by atoms with E-state index in [-0.39, 0.29) is 5.56 Å². The first kappa shape index (κ1) is 10.8. The van der Waals surface area contributed by atoms with Gasteiger partial charge in [0, 0.05) is 12.4 Å². The number of primary amides is 1. The number of nitrogens with two attached hydrogens (primary N) is 1. The summed E-state index contributed by atoms with van der Waals surface area (Å²) < 4.78 is 5.31. The van der Waals surface area contributed by atoms with Crippen LogP contribution >= 0.6 is 11.6 Å². The standard InChI is InChI=1S/C9H11ClN2O2/c1-2-3-14-8-6(9(11)13)4-12-5-7(8)10/h4-5H,2-3H2,1H3,(H2,11,13). The highest BCUT2D eigenvalue weighted by atomic mass is 35.5. The lowest BCUT2D eigenvalue weighted by molar-refractivity contribution is 0.0996. The molecule has 0 fully saturated rings. The lowest BCUT2D eigenvalue weighted by atomic mass is 10.2. The number of halogens is 1. The van der Waals surface area contributed by atoms with E-state index in [4.69, 9.17) is 22.1 Å². The molecule has 1 aromatic heterocycles. The fraction of sp³-hybridized carbons (Fsp3) is 0.333. The van der Waals surface area contributed by atoms with Crippen LogP contribution in [-0.4, -0.2) is 17.5 Å². The van der Waals surface area contributed by atoms with Crippen molar-refractivity contribution in [3.05, 3.63) is 23.0 Å². The van der Waals surface area contributed by atoms with E-state index in [1.165, 1.54) is 12.4 Å². The minimum Gasteiger partial charge on any atom is -0.491 e. The molecular formula is C9H11ClN2O2. The normalized spacial score (nSPS) is 9.86. The summed E-state index contributed by atoms with van der Waals surface area (Å²) in [5.74, 6) is -0.276. The van der Waals surface area contributed by atoms with Gasteiger partial charge in [-0.15, -0.1) is 0 Å². The summed E-state index contributed by atoms with van der Waals surface area (Å²) in [7, 11) is 0. The van der Waals surface area contributed by atoms with Crippen molar-refractivity contribution >= 4 is 17.5 Å². The van der Waals surface area contributed by atoms with Crippen molar-refractivity contribution in [1.82, 2.24) is 4.98 Å². The number of ether oxygens (including phenoxy) is 1. The Bertz CT molecular complexity index is 342. The topological polar surface area (TPSA) is 65.2 Å². The molecule has 5 heteroatoms. The molecule has 0 aromatic carbocycles. The molecule has 1 amide bonds. The Labute approximate surface area is 87.0 Å². The molecule has 0 saturated carbocycles. The van der Waals surface area contributed by atoms with Gasteiger partial charge in [-0.3, -0.25) is 9.78 Å². The molecule has 14 heavy (non-hydrogen) atoms. The van der Waals surface area contributed by atoms with Crippen molar-refractivity contribution in [3.8, 4) is 5.75 Å². The first-order valence-corrected chi connectivity index (χ1v) is 4.60. The molecule has 76 valence electrons. The predicted molar refractivity (Wildman–Crippen MR) is 53.6 cm³/mol. The molecule has 1 heterocycles. The van der Waals surface area contributed by atoms with E-state index < -0.39 is 5.91 Å². The maximum absolute atomic E-state index is 11.0. The Morgan fingerprint density at radius 2 is 2.36 bits per heavy atom. The quantitative estimate of drug-likeness (QED) is 0.829. The van der Waals surface area contributed by atoms with E-state index in [0.29, 0.717) is 17.4 Å². The van der Waals surface area contributed by atoms with Crippen molar-refractivity contribution < 1.29 is 9.53 Å². The lowest BCUT2D eigenvalue weighted by Gasteiger charge is -2.09. The van der Waals surface area contributed by atoms with Gasteiger partial charge in [0.05, 0.1) is 6.61 Å². The smallest absolute Gasteiger partial charge is 0.254 e. The first-order chi connectivity index (χ1) is 6.66. The summed E-state index contributed by atoms with van der Waals surface area (Å²) >= 11 is 5.81. The Kier molecular flexibility index (Phi) is 3.71. The molecule has 0 bridgehead atoms. The minimum absolute atomic E-state index is 0.214. The zero-order valence-electron chi connectivity index (χ0n) is 7.79. The summed E-state index contributed by atoms with van der Waals surface area (Å²) in [4.78, 5) is 14.7. The molecule has 0 radical (unpaired) electrons. The average molecular weight is 215 g/mol. The van der Waals surface area contributed by atoms with Gasteiger partial charge in [0.1, 0.15) is 10.6 Å². The number of carbonyl (C=O) groups excluding carboxylic acids is 1. The maximum atomic E-state index is 11.0. The van der Waals surface area contributed by atoms with E-state index in [1.807, 2.05) is 6.92 Å². The second-order valence-corrected chi connectivity index (χ2v) is 3.12. The van der Waals surface area contributed by atoms with Gasteiger partial charge in [-0.2, -0.15) is 0 Å². The number of hydrogen-bond donors (Lipinski definition) is 1. The van der Waals surface area contributed by atoms with Crippen LogP contribution in [0, 0.1) is 0 Å². The largest absolute Gasteiger partial charge is 0.491 e. The third kappa shape index (κ3) is 2.35. The van der Waals surface area contributed by atoms with Gasteiger partial charge in [-0.1, -0.05) is 18.5 Å². The molecule has 2 N–H and O–H groups in total. The molecule has 0 saturated heterocycles. The Morgan fingerprint density at radius 1 is 1.64 bits per heavy atom. The molecule has 4 nitrogen and oxygen atoms in total. The van der Waals surface area contributed by atoms with Gasteiger partial charge in [-0.05, 0) is 6.42 Å². The summed E-state index contributed by atoms with van der Waals surface area (Å²) in [5, 5.41) is 0.301. The van der Waals surface area contributed by atoms with Crippen molar-refractivity contribution in [2.24, 2.45) is 5.73 Å². The van der Waals surface area contributed by atoms with Gasteiger partial charge < -0.3 is 10.5 Å². The number of carbonyl (C=O) groups is 1. The number of nitrogens with zero attached hydrogens (tertiary/aromatic N) is 1. The Hall–Kier alpha value is -1.29. The van der Waals surface area contributed by atoms with E-state index in [9.17, 15) is 4.79 Å². The molecule has 0 aliphatic heterocycles. The van der Waals surface area contributed by atoms with Crippen LogP contribution in [0.1, 0.15) is 23.7 Å². The van der Waals surface area contributed by atoms with Crippen LogP contribution in [0.15, 0.2) is 12.4 Å². The second kappa shape index (κ2) is 4.81. The molecule has 0 unspecified atom stereocenters. The van der Waals surface area contributed by atoms with Crippen molar-refractivity contribution in [3.63, 3.8) is 0 Å². The van der Waals surface area contributed by atoms with Crippen molar-refractivity contribution in [2.75, 3.05) is 6.61 Å². The van der Waals surface area contributed by atoms with Crippen LogP contribution in [0.25, 0.3) is 0 Å². The van der Waals surface area contributed by atoms with E-state index in [0.717, 1.165) is 6.42 Å².